The number of hydrogen-bond acceptors (Lipinski definition) is 4. The normalized spacial score (nSPS) is 10.1. The molecule has 134 valence electrons. The third kappa shape index (κ3) is 4.27. The molecule has 0 unspecified atom stereocenters. The van der Waals surface area contributed by atoms with Crippen molar-refractivity contribution in [2.24, 2.45) is 0 Å². The molecule has 3 aromatic rings. The minimum atomic E-state index is -0.438. The van der Waals surface area contributed by atoms with E-state index >= 15 is 0 Å². The first-order valence-corrected chi connectivity index (χ1v) is 8.28. The molecule has 0 radical (unpaired) electrons. The van der Waals surface area contributed by atoms with Gasteiger partial charge in [0.1, 0.15) is 0 Å². The maximum atomic E-state index is 12.4. The second kappa shape index (κ2) is 8.10. The van der Waals surface area contributed by atoms with E-state index in [2.05, 4.69) is 10.1 Å². The first-order chi connectivity index (χ1) is 13.1. The number of amides is 1. The van der Waals surface area contributed by atoms with Crippen molar-refractivity contribution in [1.82, 2.24) is 0 Å². The molecule has 0 fully saturated rings. The Hall–Kier alpha value is -3.73. The lowest BCUT2D eigenvalue weighted by atomic mass is 10.0. The van der Waals surface area contributed by atoms with Crippen molar-refractivity contribution < 1.29 is 19.1 Å². The van der Waals surface area contributed by atoms with Crippen LogP contribution in [-0.4, -0.2) is 24.8 Å². The number of ketones is 1. The van der Waals surface area contributed by atoms with Crippen LogP contribution in [0.5, 0.6) is 0 Å². The molecule has 1 N–H and O–H groups in total. The SMILES string of the molecule is COC(=O)c1ccc(NC(=O)c2ccc(C(=O)c3ccccc3)cc2)cc1. The van der Waals surface area contributed by atoms with Gasteiger partial charge in [-0.05, 0) is 36.4 Å². The largest absolute Gasteiger partial charge is 0.465 e. The molecule has 0 saturated heterocycles. The van der Waals surface area contributed by atoms with Gasteiger partial charge >= 0.3 is 5.97 Å². The zero-order valence-corrected chi connectivity index (χ0v) is 14.6. The fraction of sp³-hybridized carbons (Fsp3) is 0.0455. The van der Waals surface area contributed by atoms with Gasteiger partial charge in [-0.3, -0.25) is 9.59 Å². The summed E-state index contributed by atoms with van der Waals surface area (Å²) in [5, 5.41) is 2.75. The number of rotatable bonds is 5. The summed E-state index contributed by atoms with van der Waals surface area (Å²) >= 11 is 0. The highest BCUT2D eigenvalue weighted by atomic mass is 16.5. The van der Waals surface area contributed by atoms with E-state index in [1.165, 1.54) is 7.11 Å². The highest BCUT2D eigenvalue weighted by Crippen LogP contribution is 2.14. The third-order valence-electron chi connectivity index (χ3n) is 4.01. The van der Waals surface area contributed by atoms with Gasteiger partial charge < -0.3 is 10.1 Å². The van der Waals surface area contributed by atoms with Crippen molar-refractivity contribution in [2.75, 3.05) is 12.4 Å². The number of hydrogen-bond donors (Lipinski definition) is 1. The molecule has 0 atom stereocenters. The van der Waals surface area contributed by atoms with E-state index in [0.717, 1.165) is 0 Å². The molecule has 0 spiro atoms. The average molecular weight is 359 g/mol. The van der Waals surface area contributed by atoms with Crippen LogP contribution in [0.1, 0.15) is 36.6 Å². The van der Waals surface area contributed by atoms with Crippen LogP contribution in [0, 0.1) is 0 Å². The summed E-state index contributed by atoms with van der Waals surface area (Å²) < 4.78 is 4.64. The van der Waals surface area contributed by atoms with Crippen molar-refractivity contribution in [1.29, 1.82) is 0 Å². The van der Waals surface area contributed by atoms with Gasteiger partial charge in [-0.25, -0.2) is 4.79 Å². The van der Waals surface area contributed by atoms with Crippen molar-refractivity contribution in [2.45, 2.75) is 0 Å². The van der Waals surface area contributed by atoms with Crippen molar-refractivity contribution in [3.8, 4) is 0 Å². The number of ether oxygens (including phenoxy) is 1. The van der Waals surface area contributed by atoms with Gasteiger partial charge in [0.2, 0.25) is 0 Å². The summed E-state index contributed by atoms with van der Waals surface area (Å²) in [6.07, 6.45) is 0. The van der Waals surface area contributed by atoms with E-state index in [4.69, 9.17) is 0 Å². The summed E-state index contributed by atoms with van der Waals surface area (Å²) in [6, 6.07) is 21.8. The summed E-state index contributed by atoms with van der Waals surface area (Å²) in [7, 11) is 1.31. The second-order valence-corrected chi connectivity index (χ2v) is 5.80. The number of nitrogens with one attached hydrogen (secondary N) is 1. The lowest BCUT2D eigenvalue weighted by Gasteiger charge is -2.07. The highest BCUT2D eigenvalue weighted by Gasteiger charge is 2.11. The highest BCUT2D eigenvalue weighted by molar-refractivity contribution is 6.10. The number of carbonyl (C=O) groups excluding carboxylic acids is 3. The van der Waals surface area contributed by atoms with E-state index in [1.807, 2.05) is 6.07 Å². The fourth-order valence-corrected chi connectivity index (χ4v) is 2.54. The van der Waals surface area contributed by atoms with E-state index in [0.29, 0.717) is 27.9 Å². The lowest BCUT2D eigenvalue weighted by molar-refractivity contribution is 0.0600. The van der Waals surface area contributed by atoms with Crippen LogP contribution in [0.2, 0.25) is 0 Å². The monoisotopic (exact) mass is 359 g/mol. The van der Waals surface area contributed by atoms with E-state index in [1.54, 1.807) is 72.8 Å². The van der Waals surface area contributed by atoms with Crippen LogP contribution >= 0.6 is 0 Å². The number of anilines is 1. The Labute approximate surface area is 156 Å². The van der Waals surface area contributed by atoms with Crippen LogP contribution in [0.4, 0.5) is 5.69 Å². The zero-order chi connectivity index (χ0) is 19.2. The molecular weight excluding hydrogens is 342 g/mol. The molecule has 5 heteroatoms. The fourth-order valence-electron chi connectivity index (χ4n) is 2.54. The Balaban J connectivity index is 1.69. The van der Waals surface area contributed by atoms with Crippen molar-refractivity contribution in [3.63, 3.8) is 0 Å². The van der Waals surface area contributed by atoms with Gasteiger partial charge in [-0.15, -0.1) is 0 Å². The Bertz CT molecular complexity index is 961. The van der Waals surface area contributed by atoms with E-state index in [9.17, 15) is 14.4 Å². The summed E-state index contributed by atoms with van der Waals surface area (Å²) in [4.78, 5) is 36.2. The minimum absolute atomic E-state index is 0.0963. The van der Waals surface area contributed by atoms with E-state index < -0.39 is 5.97 Å². The Kier molecular flexibility index (Phi) is 5.42. The molecule has 0 bridgehead atoms. The number of methoxy groups -OCH3 is 1. The second-order valence-electron chi connectivity index (χ2n) is 5.80. The molecule has 5 nitrogen and oxygen atoms in total. The summed E-state index contributed by atoms with van der Waals surface area (Å²) in [5.41, 5.74) is 2.49. The average Bonchev–Trinajstić information content (AvgIpc) is 2.74. The van der Waals surface area contributed by atoms with Gasteiger partial charge in [0.25, 0.3) is 5.91 Å². The number of carbonyl (C=O) groups is 3. The summed E-state index contributed by atoms with van der Waals surface area (Å²) in [6.45, 7) is 0. The van der Waals surface area contributed by atoms with Gasteiger partial charge in [-0.2, -0.15) is 0 Å². The predicted molar refractivity (Wildman–Crippen MR) is 102 cm³/mol. The predicted octanol–water partition coefficient (Wildman–Crippen LogP) is 3.96. The summed E-state index contributed by atoms with van der Waals surface area (Å²) in [5.74, 6) is -0.841. The van der Waals surface area contributed by atoms with Crippen LogP contribution < -0.4 is 5.32 Å². The lowest BCUT2D eigenvalue weighted by Crippen LogP contribution is -2.12. The molecule has 0 aliphatic carbocycles. The first-order valence-electron chi connectivity index (χ1n) is 8.28. The number of benzene rings is 3. The molecule has 0 heterocycles. The molecule has 0 aromatic heterocycles. The maximum absolute atomic E-state index is 12.4. The molecular formula is C22H17NO4. The maximum Gasteiger partial charge on any atom is 0.337 e. The number of esters is 1. The first kappa shape index (κ1) is 18.1. The smallest absolute Gasteiger partial charge is 0.337 e. The molecule has 27 heavy (non-hydrogen) atoms. The quantitative estimate of drug-likeness (QED) is 0.553. The van der Waals surface area contributed by atoms with Gasteiger partial charge in [0.15, 0.2) is 5.78 Å². The van der Waals surface area contributed by atoms with Gasteiger partial charge in [0.05, 0.1) is 12.7 Å². The molecule has 3 aromatic carbocycles. The topological polar surface area (TPSA) is 72.5 Å². The Morgan fingerprint density at radius 1 is 0.667 bits per heavy atom. The standard InChI is InChI=1S/C22H17NO4/c1-27-22(26)18-11-13-19(14-12-18)23-21(25)17-9-7-16(8-10-17)20(24)15-5-3-2-4-6-15/h2-14H,1H3,(H,23,25). The van der Waals surface area contributed by atoms with Crippen LogP contribution in [0.3, 0.4) is 0 Å². The molecule has 1 amide bonds. The molecule has 0 saturated carbocycles. The zero-order valence-electron chi connectivity index (χ0n) is 14.6. The van der Waals surface area contributed by atoms with Crippen LogP contribution in [-0.2, 0) is 4.74 Å². The molecule has 0 aliphatic rings. The minimum Gasteiger partial charge on any atom is -0.465 e. The molecule has 0 aliphatic heterocycles. The van der Waals surface area contributed by atoms with Crippen molar-refractivity contribution in [3.05, 3.63) is 101 Å². The van der Waals surface area contributed by atoms with Gasteiger partial charge in [-0.1, -0.05) is 42.5 Å². The van der Waals surface area contributed by atoms with E-state index in [-0.39, 0.29) is 11.7 Å². The van der Waals surface area contributed by atoms with Gasteiger partial charge in [0, 0.05) is 22.4 Å². The Morgan fingerprint density at radius 2 is 1.19 bits per heavy atom. The van der Waals surface area contributed by atoms with Crippen LogP contribution in [0.15, 0.2) is 78.9 Å². The van der Waals surface area contributed by atoms with Crippen molar-refractivity contribution >= 4 is 23.3 Å². The molecule has 3 rings (SSSR count). The van der Waals surface area contributed by atoms with Crippen LogP contribution in [0.25, 0.3) is 0 Å². The third-order valence-corrected chi connectivity index (χ3v) is 4.01. The Morgan fingerprint density at radius 3 is 1.78 bits per heavy atom.